The number of fused-ring (bicyclic) bond motifs is 1. The van der Waals surface area contributed by atoms with Crippen LogP contribution >= 0.6 is 0 Å². The highest BCUT2D eigenvalue weighted by atomic mass is 16.4. The number of hydrogen-bond donors (Lipinski definition) is 1. The van der Waals surface area contributed by atoms with Gasteiger partial charge in [-0.15, -0.1) is 0 Å². The summed E-state index contributed by atoms with van der Waals surface area (Å²) in [6, 6.07) is 13.8. The second-order valence-electron chi connectivity index (χ2n) is 5.66. The molecule has 0 unspecified atom stereocenters. The zero-order chi connectivity index (χ0) is 14.8. The fraction of sp³-hybridized carbons (Fsp3) is 0.278. The van der Waals surface area contributed by atoms with Crippen LogP contribution in [-0.2, 0) is 13.0 Å². The zero-order valence-electron chi connectivity index (χ0n) is 12.2. The van der Waals surface area contributed by atoms with Crippen LogP contribution in [0, 0.1) is 6.92 Å². The molecular formula is C18H19NO2. The SMILES string of the molecule is Cc1ccc2c(c1)CCCN2Cc1ccc(C(=O)O)cc1. The molecule has 3 nitrogen and oxygen atoms in total. The minimum atomic E-state index is -0.875. The zero-order valence-corrected chi connectivity index (χ0v) is 12.2. The average Bonchev–Trinajstić information content (AvgIpc) is 2.47. The second kappa shape index (κ2) is 5.60. The first-order valence-electron chi connectivity index (χ1n) is 7.30. The molecule has 2 aromatic carbocycles. The van der Waals surface area contributed by atoms with Gasteiger partial charge in [-0.1, -0.05) is 29.8 Å². The van der Waals surface area contributed by atoms with E-state index in [1.165, 1.54) is 23.2 Å². The maximum Gasteiger partial charge on any atom is 0.335 e. The molecule has 1 aliphatic heterocycles. The Balaban J connectivity index is 1.81. The summed E-state index contributed by atoms with van der Waals surface area (Å²) in [5.74, 6) is -0.875. The lowest BCUT2D eigenvalue weighted by atomic mass is 9.99. The first kappa shape index (κ1) is 13.7. The van der Waals surface area contributed by atoms with E-state index in [1.54, 1.807) is 12.1 Å². The fourth-order valence-electron chi connectivity index (χ4n) is 2.94. The van der Waals surface area contributed by atoms with E-state index in [4.69, 9.17) is 5.11 Å². The van der Waals surface area contributed by atoms with Gasteiger partial charge in [0.1, 0.15) is 0 Å². The van der Waals surface area contributed by atoms with Crippen molar-refractivity contribution in [1.82, 2.24) is 0 Å². The third-order valence-corrected chi connectivity index (χ3v) is 4.02. The number of nitrogens with zero attached hydrogens (tertiary/aromatic N) is 1. The topological polar surface area (TPSA) is 40.5 Å². The van der Waals surface area contributed by atoms with Crippen LogP contribution in [0.5, 0.6) is 0 Å². The van der Waals surface area contributed by atoms with Gasteiger partial charge in [-0.2, -0.15) is 0 Å². The summed E-state index contributed by atoms with van der Waals surface area (Å²) >= 11 is 0. The minimum absolute atomic E-state index is 0.341. The van der Waals surface area contributed by atoms with E-state index in [-0.39, 0.29) is 0 Å². The van der Waals surface area contributed by atoms with E-state index in [9.17, 15) is 4.79 Å². The Morgan fingerprint density at radius 1 is 1.19 bits per heavy atom. The number of benzene rings is 2. The molecule has 0 atom stereocenters. The normalized spacial score (nSPS) is 13.9. The van der Waals surface area contributed by atoms with Crippen molar-refractivity contribution < 1.29 is 9.90 Å². The monoisotopic (exact) mass is 281 g/mol. The summed E-state index contributed by atoms with van der Waals surface area (Å²) in [5, 5.41) is 8.94. The highest BCUT2D eigenvalue weighted by Crippen LogP contribution is 2.29. The third-order valence-electron chi connectivity index (χ3n) is 4.02. The van der Waals surface area contributed by atoms with Crippen LogP contribution < -0.4 is 4.90 Å². The molecule has 108 valence electrons. The van der Waals surface area contributed by atoms with Gasteiger partial charge in [0.2, 0.25) is 0 Å². The Morgan fingerprint density at radius 2 is 1.95 bits per heavy atom. The largest absolute Gasteiger partial charge is 0.478 e. The van der Waals surface area contributed by atoms with Gasteiger partial charge in [0.15, 0.2) is 0 Å². The number of carboxylic acids is 1. The number of rotatable bonds is 3. The Labute approximate surface area is 124 Å². The highest BCUT2D eigenvalue weighted by Gasteiger charge is 2.17. The fourth-order valence-corrected chi connectivity index (χ4v) is 2.94. The van der Waals surface area contributed by atoms with Crippen LogP contribution in [0.25, 0.3) is 0 Å². The van der Waals surface area contributed by atoms with Crippen molar-refractivity contribution >= 4 is 11.7 Å². The molecule has 21 heavy (non-hydrogen) atoms. The molecule has 0 radical (unpaired) electrons. The lowest BCUT2D eigenvalue weighted by Gasteiger charge is -2.31. The molecular weight excluding hydrogens is 262 g/mol. The smallest absolute Gasteiger partial charge is 0.335 e. The maximum atomic E-state index is 10.9. The van der Waals surface area contributed by atoms with Crippen LogP contribution in [0.15, 0.2) is 42.5 Å². The molecule has 0 bridgehead atoms. The van der Waals surface area contributed by atoms with Gasteiger partial charge in [-0.3, -0.25) is 0 Å². The lowest BCUT2D eigenvalue weighted by Crippen LogP contribution is -2.28. The predicted molar refractivity (Wildman–Crippen MR) is 84.0 cm³/mol. The Hall–Kier alpha value is -2.29. The molecule has 2 aromatic rings. The molecule has 0 aromatic heterocycles. The van der Waals surface area contributed by atoms with Crippen molar-refractivity contribution in [2.24, 2.45) is 0 Å². The number of hydrogen-bond acceptors (Lipinski definition) is 2. The van der Waals surface area contributed by atoms with Crippen LogP contribution in [0.4, 0.5) is 5.69 Å². The van der Waals surface area contributed by atoms with E-state index in [1.807, 2.05) is 12.1 Å². The van der Waals surface area contributed by atoms with Gasteiger partial charge < -0.3 is 10.0 Å². The van der Waals surface area contributed by atoms with E-state index in [0.717, 1.165) is 25.1 Å². The molecule has 3 heteroatoms. The summed E-state index contributed by atoms with van der Waals surface area (Å²) in [7, 11) is 0. The number of aromatic carboxylic acids is 1. The summed E-state index contributed by atoms with van der Waals surface area (Å²) in [4.78, 5) is 13.3. The van der Waals surface area contributed by atoms with Gasteiger partial charge in [-0.05, 0) is 49.1 Å². The maximum absolute atomic E-state index is 10.9. The highest BCUT2D eigenvalue weighted by molar-refractivity contribution is 5.87. The standard InChI is InChI=1S/C18H19NO2/c1-13-4-9-17-16(11-13)3-2-10-19(17)12-14-5-7-15(8-6-14)18(20)21/h4-9,11H,2-3,10,12H2,1H3,(H,20,21). The van der Waals surface area contributed by atoms with Crippen molar-refractivity contribution in [2.75, 3.05) is 11.4 Å². The van der Waals surface area contributed by atoms with Crippen molar-refractivity contribution in [3.8, 4) is 0 Å². The second-order valence-corrected chi connectivity index (χ2v) is 5.66. The van der Waals surface area contributed by atoms with E-state index in [0.29, 0.717) is 5.56 Å². The number of carboxylic acid groups (broad SMARTS) is 1. The summed E-state index contributed by atoms with van der Waals surface area (Å²) in [6.07, 6.45) is 2.31. The van der Waals surface area contributed by atoms with Crippen LogP contribution in [0.2, 0.25) is 0 Å². The molecule has 1 N–H and O–H groups in total. The summed E-state index contributed by atoms with van der Waals surface area (Å²) in [6.45, 7) is 4.01. The van der Waals surface area contributed by atoms with Crippen molar-refractivity contribution in [3.63, 3.8) is 0 Å². The third kappa shape index (κ3) is 2.92. The van der Waals surface area contributed by atoms with Gasteiger partial charge in [0.05, 0.1) is 5.56 Å². The molecule has 0 fully saturated rings. The number of carbonyl (C=O) groups is 1. The molecule has 0 aliphatic carbocycles. The Bertz CT molecular complexity index is 661. The Morgan fingerprint density at radius 3 is 2.67 bits per heavy atom. The van der Waals surface area contributed by atoms with Gasteiger partial charge >= 0.3 is 5.97 Å². The molecule has 1 heterocycles. The quantitative estimate of drug-likeness (QED) is 0.933. The average molecular weight is 281 g/mol. The van der Waals surface area contributed by atoms with Crippen LogP contribution in [0.1, 0.15) is 33.5 Å². The van der Waals surface area contributed by atoms with Crippen molar-refractivity contribution in [1.29, 1.82) is 0 Å². The first-order valence-corrected chi connectivity index (χ1v) is 7.30. The lowest BCUT2D eigenvalue weighted by molar-refractivity contribution is 0.0697. The van der Waals surface area contributed by atoms with Gasteiger partial charge in [0.25, 0.3) is 0 Å². The molecule has 0 amide bonds. The van der Waals surface area contributed by atoms with Crippen molar-refractivity contribution in [2.45, 2.75) is 26.3 Å². The molecule has 1 aliphatic rings. The summed E-state index contributed by atoms with van der Waals surface area (Å²) in [5.41, 5.74) is 5.53. The van der Waals surface area contributed by atoms with Gasteiger partial charge in [0, 0.05) is 18.8 Å². The van der Waals surface area contributed by atoms with E-state index >= 15 is 0 Å². The molecule has 0 saturated heterocycles. The number of anilines is 1. The van der Waals surface area contributed by atoms with Crippen LogP contribution in [-0.4, -0.2) is 17.6 Å². The molecule has 3 rings (SSSR count). The van der Waals surface area contributed by atoms with Gasteiger partial charge in [-0.25, -0.2) is 4.79 Å². The first-order chi connectivity index (χ1) is 10.1. The number of aryl methyl sites for hydroxylation is 2. The molecule has 0 spiro atoms. The van der Waals surface area contributed by atoms with Crippen LogP contribution in [0.3, 0.4) is 0 Å². The minimum Gasteiger partial charge on any atom is -0.478 e. The molecule has 0 saturated carbocycles. The predicted octanol–water partition coefficient (Wildman–Crippen LogP) is 3.65. The Kier molecular flexibility index (Phi) is 3.65. The van der Waals surface area contributed by atoms with E-state index in [2.05, 4.69) is 30.0 Å². The van der Waals surface area contributed by atoms with E-state index < -0.39 is 5.97 Å². The van der Waals surface area contributed by atoms with Crippen molar-refractivity contribution in [3.05, 3.63) is 64.7 Å². The summed E-state index contributed by atoms with van der Waals surface area (Å²) < 4.78 is 0.